The number of nitrogens with zero attached hydrogens (tertiary/aromatic N) is 3. The number of hydrogen-bond donors (Lipinski definition) is 0. The number of alkyl halides is 3. The molecule has 1 radical (unpaired) electrons. The summed E-state index contributed by atoms with van der Waals surface area (Å²) in [5.74, 6) is 0. The van der Waals surface area contributed by atoms with Crippen LogP contribution in [0.15, 0.2) is 12.3 Å². The predicted molar refractivity (Wildman–Crippen MR) is 65.2 cm³/mol. The molecule has 0 atom stereocenters. The van der Waals surface area contributed by atoms with E-state index in [0.717, 1.165) is 0 Å². The summed E-state index contributed by atoms with van der Waals surface area (Å²) in [5.41, 5.74) is -0.638. The lowest BCUT2D eigenvalue weighted by Gasteiger charge is -2.02. The number of aromatic nitrogens is 3. The first kappa shape index (κ1) is 12.6. The van der Waals surface area contributed by atoms with E-state index in [1.807, 2.05) is 29.5 Å². The van der Waals surface area contributed by atoms with Crippen LogP contribution in [-0.4, -0.2) is 14.8 Å². The van der Waals surface area contributed by atoms with Crippen molar-refractivity contribution in [3.8, 4) is 0 Å². The molecule has 0 saturated carbocycles. The molecule has 3 nitrogen and oxygen atoms in total. The van der Waals surface area contributed by atoms with E-state index in [0.29, 0.717) is 9.99 Å². The van der Waals surface area contributed by atoms with Gasteiger partial charge in [-0.25, -0.2) is 9.67 Å². The summed E-state index contributed by atoms with van der Waals surface area (Å²) >= 11 is 1.86. The van der Waals surface area contributed by atoms with E-state index in [-0.39, 0.29) is 11.0 Å². The van der Waals surface area contributed by atoms with Crippen LogP contribution in [0.2, 0.25) is 0 Å². The lowest BCUT2D eigenvalue weighted by molar-refractivity contribution is -0.140. The van der Waals surface area contributed by atoms with Gasteiger partial charge < -0.3 is 0 Å². The van der Waals surface area contributed by atoms with Gasteiger partial charge in [-0.05, 0) is 35.1 Å². The number of hydrogen-bond acceptors (Lipinski definition) is 2. The lowest BCUT2D eigenvalue weighted by Crippen LogP contribution is -2.08. The number of rotatable bonds is 2. The maximum atomic E-state index is 12.8. The van der Waals surface area contributed by atoms with Crippen molar-refractivity contribution in [2.75, 3.05) is 0 Å². The fourth-order valence-corrected chi connectivity index (χ4v) is 2.18. The predicted octanol–water partition coefficient (Wildman–Crippen LogP) is 3.47. The van der Waals surface area contributed by atoms with Gasteiger partial charge in [-0.2, -0.15) is 18.3 Å². The second-order valence-electron chi connectivity index (χ2n) is 3.37. The Balaban J connectivity index is 2.76. The zero-order chi connectivity index (χ0) is 12.6. The summed E-state index contributed by atoms with van der Waals surface area (Å²) in [6, 6.07) is 1.54. The first-order chi connectivity index (χ1) is 7.95. The molecule has 0 aliphatic carbocycles. The molecule has 2 rings (SSSR count). The highest BCUT2D eigenvalue weighted by Crippen LogP contribution is 2.35. The molecule has 2 aromatic heterocycles. The molecule has 2 aromatic rings. The second kappa shape index (κ2) is 4.43. The zero-order valence-electron chi connectivity index (χ0n) is 8.79. The minimum absolute atomic E-state index is 0.0605. The monoisotopic (exact) mass is 354 g/mol. The average Bonchev–Trinajstić information content (AvgIpc) is 2.59. The molecule has 0 spiro atoms. The van der Waals surface area contributed by atoms with Crippen LogP contribution in [0.5, 0.6) is 0 Å². The molecule has 2 heterocycles. The van der Waals surface area contributed by atoms with Gasteiger partial charge in [0.1, 0.15) is 0 Å². The van der Waals surface area contributed by atoms with Crippen molar-refractivity contribution < 1.29 is 13.2 Å². The van der Waals surface area contributed by atoms with Crippen LogP contribution in [0.4, 0.5) is 13.2 Å². The zero-order valence-corrected chi connectivity index (χ0v) is 11.0. The van der Waals surface area contributed by atoms with E-state index in [1.165, 1.54) is 16.9 Å². The lowest BCUT2D eigenvalue weighted by atomic mass is 10.2. The largest absolute Gasteiger partial charge is 0.435 e. The van der Waals surface area contributed by atoms with Crippen molar-refractivity contribution >= 4 is 33.6 Å². The second-order valence-corrected chi connectivity index (χ2v) is 4.54. The van der Waals surface area contributed by atoms with Gasteiger partial charge in [-0.15, -0.1) is 0 Å². The Morgan fingerprint density at radius 2 is 2.18 bits per heavy atom. The minimum atomic E-state index is -4.46. The number of pyridine rings is 1. The van der Waals surface area contributed by atoms with E-state index in [2.05, 4.69) is 10.1 Å². The van der Waals surface area contributed by atoms with Crippen molar-refractivity contribution in [2.45, 2.75) is 19.5 Å². The third kappa shape index (κ3) is 2.24. The van der Waals surface area contributed by atoms with Gasteiger partial charge in [0.05, 0.1) is 11.9 Å². The Morgan fingerprint density at radius 3 is 2.76 bits per heavy atom. The first-order valence-electron chi connectivity index (χ1n) is 4.88. The van der Waals surface area contributed by atoms with E-state index in [4.69, 9.17) is 0 Å². The van der Waals surface area contributed by atoms with Crippen LogP contribution in [0.3, 0.4) is 0 Å². The molecule has 0 amide bonds. The van der Waals surface area contributed by atoms with Gasteiger partial charge in [0.2, 0.25) is 0 Å². The Morgan fingerprint density at radius 1 is 1.47 bits per heavy atom. The first-order valence-corrected chi connectivity index (χ1v) is 5.96. The van der Waals surface area contributed by atoms with Crippen LogP contribution in [-0.2, 0) is 6.18 Å². The topological polar surface area (TPSA) is 30.7 Å². The molecule has 7 heteroatoms. The Bertz CT molecular complexity index is 547. The molecule has 0 saturated heterocycles. The van der Waals surface area contributed by atoms with Gasteiger partial charge in [0.15, 0.2) is 11.3 Å². The highest BCUT2D eigenvalue weighted by molar-refractivity contribution is 14.1. The minimum Gasteiger partial charge on any atom is -0.241 e. The molecule has 0 aliphatic heterocycles. The summed E-state index contributed by atoms with van der Waals surface area (Å²) in [4.78, 5) is 3.96. The fraction of sp³-hybridized carbons (Fsp3) is 0.300. The molecule has 0 aliphatic rings. The van der Waals surface area contributed by atoms with Gasteiger partial charge in [0.25, 0.3) is 0 Å². The third-order valence-corrected chi connectivity index (χ3v) is 3.06. The molecule has 0 fully saturated rings. The number of halogens is 4. The number of fused-ring (bicyclic) bond motifs is 1. The van der Waals surface area contributed by atoms with Crippen LogP contribution in [0.25, 0.3) is 11.0 Å². The van der Waals surface area contributed by atoms with Gasteiger partial charge in [0, 0.05) is 9.77 Å². The molecule has 0 N–H and O–H groups in total. The summed E-state index contributed by atoms with van der Waals surface area (Å²) < 4.78 is 40.2. The summed E-state index contributed by atoms with van der Waals surface area (Å²) in [5, 5.41) is 3.64. The maximum Gasteiger partial charge on any atom is 0.435 e. The summed E-state index contributed by atoms with van der Waals surface area (Å²) in [6.07, 6.45) is -2.40. The van der Waals surface area contributed by atoms with Crippen molar-refractivity contribution in [3.05, 3.63) is 28.1 Å². The molecular formula is C10H8F3IN3. The van der Waals surface area contributed by atoms with Gasteiger partial charge >= 0.3 is 6.18 Å². The highest BCUT2D eigenvalue weighted by Gasteiger charge is 2.37. The smallest absolute Gasteiger partial charge is 0.241 e. The summed E-state index contributed by atoms with van der Waals surface area (Å²) in [6.45, 7) is 3.40. The van der Waals surface area contributed by atoms with Crippen molar-refractivity contribution in [2.24, 2.45) is 0 Å². The molecule has 0 bridgehead atoms. The standard InChI is InChI=1S/C10H8F3IN3/c1-2-5-17-9-7(6(14)3-4-15-9)8(16-17)10(11,12)13/h3-5H,2H2,1H3. The van der Waals surface area contributed by atoms with E-state index in [9.17, 15) is 13.2 Å². The van der Waals surface area contributed by atoms with Gasteiger partial charge in [-0.1, -0.05) is 6.92 Å². The molecule has 0 aromatic carbocycles. The van der Waals surface area contributed by atoms with Crippen LogP contribution in [0.1, 0.15) is 19.0 Å². The Labute approximate surface area is 109 Å². The van der Waals surface area contributed by atoms with Crippen molar-refractivity contribution in [3.63, 3.8) is 0 Å². The maximum absolute atomic E-state index is 12.8. The average molecular weight is 354 g/mol. The summed E-state index contributed by atoms with van der Waals surface area (Å²) in [7, 11) is 0. The van der Waals surface area contributed by atoms with Crippen LogP contribution >= 0.6 is 22.6 Å². The Hall–Kier alpha value is -0.860. The van der Waals surface area contributed by atoms with Gasteiger partial charge in [-0.3, -0.25) is 0 Å². The van der Waals surface area contributed by atoms with Crippen LogP contribution in [0, 0.1) is 10.1 Å². The molecule has 17 heavy (non-hydrogen) atoms. The quantitative estimate of drug-likeness (QED) is 0.774. The van der Waals surface area contributed by atoms with Crippen LogP contribution < -0.4 is 0 Å². The van der Waals surface area contributed by atoms with Crippen molar-refractivity contribution in [1.29, 1.82) is 0 Å². The third-order valence-electron chi connectivity index (χ3n) is 2.17. The molecule has 0 unspecified atom stereocenters. The molecular weight excluding hydrogens is 346 g/mol. The van der Waals surface area contributed by atoms with Crippen molar-refractivity contribution in [1.82, 2.24) is 14.8 Å². The van der Waals surface area contributed by atoms with E-state index < -0.39 is 11.9 Å². The van der Waals surface area contributed by atoms with E-state index >= 15 is 0 Å². The fourth-order valence-electron chi connectivity index (χ4n) is 1.52. The molecule has 91 valence electrons. The SMILES string of the molecule is CC[CH]n1nc(C(F)(F)F)c2c(I)ccnc21. The Kier molecular flexibility index (Phi) is 3.28. The van der Waals surface area contributed by atoms with E-state index in [1.54, 1.807) is 6.54 Å². The highest BCUT2D eigenvalue weighted by atomic mass is 127. The normalized spacial score (nSPS) is 12.3.